The predicted molar refractivity (Wildman–Crippen MR) is 80.2 cm³/mol. The fraction of sp³-hybridized carbons (Fsp3) is 0.462. The van der Waals surface area contributed by atoms with Gasteiger partial charge < -0.3 is 10.2 Å². The van der Waals surface area contributed by atoms with Gasteiger partial charge in [-0.05, 0) is 37.2 Å². The van der Waals surface area contributed by atoms with Gasteiger partial charge in [0.25, 0.3) is 5.91 Å². The summed E-state index contributed by atoms with van der Waals surface area (Å²) >= 11 is 0. The summed E-state index contributed by atoms with van der Waals surface area (Å²) < 4.78 is 47.4. The Morgan fingerprint density at radius 3 is 2.36 bits per heavy atom. The van der Waals surface area contributed by atoms with E-state index in [1.165, 1.54) is 12.1 Å². The molecule has 1 unspecified atom stereocenters. The zero-order chi connectivity index (χ0) is 15.6. The Labute approximate surface area is 134 Å². The third-order valence-electron chi connectivity index (χ3n) is 3.57. The van der Waals surface area contributed by atoms with Gasteiger partial charge in [0, 0.05) is 25.2 Å². The Hall–Kier alpha value is -1.25. The van der Waals surface area contributed by atoms with Crippen molar-refractivity contribution in [1.29, 1.82) is 0 Å². The van der Waals surface area contributed by atoms with Crippen molar-refractivity contribution in [3.63, 3.8) is 0 Å². The molecule has 0 spiro atoms. The summed E-state index contributed by atoms with van der Waals surface area (Å²) in [5.41, 5.74) is 0.276. The topological polar surface area (TPSA) is 66.5 Å². The van der Waals surface area contributed by atoms with Crippen LogP contribution >= 0.6 is 12.4 Å². The molecule has 22 heavy (non-hydrogen) atoms. The molecule has 0 saturated carbocycles. The van der Waals surface area contributed by atoms with Gasteiger partial charge in [-0.1, -0.05) is 0 Å². The second-order valence-corrected chi connectivity index (χ2v) is 6.81. The third kappa shape index (κ3) is 3.74. The minimum absolute atomic E-state index is 0. The van der Waals surface area contributed by atoms with Crippen molar-refractivity contribution in [2.45, 2.75) is 23.1 Å². The van der Waals surface area contributed by atoms with Crippen molar-refractivity contribution in [2.75, 3.05) is 20.1 Å². The van der Waals surface area contributed by atoms with Crippen LogP contribution < -0.4 is 5.32 Å². The minimum atomic E-state index is -4.62. The van der Waals surface area contributed by atoms with Gasteiger partial charge in [-0.3, -0.25) is 4.79 Å². The fourth-order valence-corrected chi connectivity index (χ4v) is 2.95. The zero-order valence-corrected chi connectivity index (χ0v) is 13.5. The lowest BCUT2D eigenvalue weighted by Gasteiger charge is -2.23. The monoisotopic (exact) mass is 354 g/mol. The largest absolute Gasteiger partial charge is 0.341 e. The van der Waals surface area contributed by atoms with Crippen LogP contribution in [-0.2, 0) is 9.84 Å². The van der Waals surface area contributed by atoms with E-state index in [-0.39, 0.29) is 29.9 Å². The number of benzene rings is 1. The average molecular weight is 355 g/mol. The number of alkyl halides is 2. The molecule has 0 radical (unpaired) electrons. The summed E-state index contributed by atoms with van der Waals surface area (Å²) in [6, 6.07) is 4.68. The van der Waals surface area contributed by atoms with Crippen molar-refractivity contribution in [3.05, 3.63) is 29.8 Å². The van der Waals surface area contributed by atoms with Gasteiger partial charge in [0.15, 0.2) is 0 Å². The molecular weight excluding hydrogens is 338 g/mol. The van der Waals surface area contributed by atoms with E-state index < -0.39 is 20.5 Å². The van der Waals surface area contributed by atoms with Crippen LogP contribution in [0.5, 0.6) is 0 Å². The molecule has 1 fully saturated rings. The molecule has 1 aliphatic heterocycles. The summed E-state index contributed by atoms with van der Waals surface area (Å²) in [7, 11) is -2.95. The molecule has 1 heterocycles. The Kier molecular flexibility index (Phi) is 6.27. The van der Waals surface area contributed by atoms with Crippen LogP contribution in [0.1, 0.15) is 16.8 Å². The number of halogens is 3. The van der Waals surface area contributed by atoms with E-state index in [4.69, 9.17) is 0 Å². The number of likely N-dealkylation sites (N-methyl/N-ethyl adjacent to an activating group) is 1. The second-order valence-electron chi connectivity index (χ2n) is 4.89. The first-order chi connectivity index (χ1) is 9.84. The lowest BCUT2D eigenvalue weighted by atomic mass is 10.1. The van der Waals surface area contributed by atoms with Gasteiger partial charge in [-0.2, -0.15) is 8.78 Å². The van der Waals surface area contributed by atoms with Gasteiger partial charge in [0.05, 0.1) is 4.90 Å². The number of hydrogen-bond acceptors (Lipinski definition) is 4. The molecule has 1 aromatic carbocycles. The number of amides is 1. The van der Waals surface area contributed by atoms with Crippen LogP contribution in [0.25, 0.3) is 0 Å². The van der Waals surface area contributed by atoms with Crippen molar-refractivity contribution in [1.82, 2.24) is 10.2 Å². The molecule has 1 aliphatic rings. The number of nitrogens with zero attached hydrogens (tertiary/aromatic N) is 1. The molecule has 0 aliphatic carbocycles. The first-order valence-corrected chi connectivity index (χ1v) is 7.98. The average Bonchev–Trinajstić information content (AvgIpc) is 3.00. The van der Waals surface area contributed by atoms with E-state index >= 15 is 0 Å². The van der Waals surface area contributed by atoms with Gasteiger partial charge >= 0.3 is 5.76 Å². The highest BCUT2D eigenvalue weighted by Gasteiger charge is 2.27. The first-order valence-electron chi connectivity index (χ1n) is 6.44. The van der Waals surface area contributed by atoms with Gasteiger partial charge in [-0.15, -0.1) is 12.4 Å². The van der Waals surface area contributed by atoms with Crippen LogP contribution in [0.2, 0.25) is 0 Å². The first kappa shape index (κ1) is 18.8. The Morgan fingerprint density at radius 2 is 1.91 bits per heavy atom. The Balaban J connectivity index is 0.00000242. The zero-order valence-electron chi connectivity index (χ0n) is 11.8. The molecule has 1 atom stereocenters. The molecule has 2 rings (SSSR count). The molecule has 1 saturated heterocycles. The van der Waals surface area contributed by atoms with Crippen molar-refractivity contribution in [3.8, 4) is 0 Å². The minimum Gasteiger partial charge on any atom is -0.337 e. The van der Waals surface area contributed by atoms with E-state index in [9.17, 15) is 22.0 Å². The van der Waals surface area contributed by atoms with Crippen molar-refractivity contribution in [2.24, 2.45) is 0 Å². The lowest BCUT2D eigenvalue weighted by Crippen LogP contribution is -2.38. The maximum absolute atomic E-state index is 12.4. The van der Waals surface area contributed by atoms with Gasteiger partial charge in [0.2, 0.25) is 9.84 Å². The quantitative estimate of drug-likeness (QED) is 0.890. The van der Waals surface area contributed by atoms with Crippen LogP contribution in [0, 0.1) is 0 Å². The fourth-order valence-electron chi connectivity index (χ4n) is 2.23. The molecule has 9 heteroatoms. The van der Waals surface area contributed by atoms with E-state index in [0.717, 1.165) is 25.1 Å². The molecule has 124 valence electrons. The molecule has 1 aromatic rings. The van der Waals surface area contributed by atoms with Crippen LogP contribution in [-0.4, -0.2) is 51.2 Å². The van der Waals surface area contributed by atoms with E-state index in [2.05, 4.69) is 5.32 Å². The standard InChI is InChI=1S/C13H16F2N2O3S.ClH/c1-17(10-6-7-16-8-10)12(18)9-2-4-11(5-3-9)21(19,20)13(14)15;/h2-5,10,13,16H,6-8H2,1H3;1H. The molecule has 1 N–H and O–H groups in total. The summed E-state index contributed by atoms with van der Waals surface area (Å²) in [5.74, 6) is -3.73. The summed E-state index contributed by atoms with van der Waals surface area (Å²) in [4.78, 5) is 13.3. The maximum Gasteiger partial charge on any atom is 0.341 e. The third-order valence-corrected chi connectivity index (χ3v) is 4.97. The van der Waals surface area contributed by atoms with Gasteiger partial charge in [-0.25, -0.2) is 8.42 Å². The molecule has 5 nitrogen and oxygen atoms in total. The van der Waals surface area contributed by atoms with Crippen molar-refractivity contribution < 1.29 is 22.0 Å². The molecule has 1 amide bonds. The highest BCUT2D eigenvalue weighted by molar-refractivity contribution is 7.91. The maximum atomic E-state index is 12.4. The predicted octanol–water partition coefficient (Wildman–Crippen LogP) is 1.54. The summed E-state index contributed by atoms with van der Waals surface area (Å²) in [6.45, 7) is 1.55. The normalized spacial score (nSPS) is 18.1. The number of rotatable bonds is 4. The highest BCUT2D eigenvalue weighted by atomic mass is 35.5. The lowest BCUT2D eigenvalue weighted by molar-refractivity contribution is 0.0743. The number of carbonyl (C=O) groups excluding carboxylic acids is 1. The van der Waals surface area contributed by atoms with Crippen LogP contribution in [0.4, 0.5) is 8.78 Å². The Bertz CT molecular complexity index is 617. The second kappa shape index (κ2) is 7.34. The molecule has 0 aromatic heterocycles. The van der Waals surface area contributed by atoms with E-state index in [1.807, 2.05) is 0 Å². The van der Waals surface area contributed by atoms with E-state index in [0.29, 0.717) is 6.54 Å². The van der Waals surface area contributed by atoms with Gasteiger partial charge in [0.1, 0.15) is 0 Å². The smallest absolute Gasteiger partial charge is 0.337 e. The number of hydrogen-bond donors (Lipinski definition) is 1. The Morgan fingerprint density at radius 1 is 1.32 bits per heavy atom. The van der Waals surface area contributed by atoms with E-state index in [1.54, 1.807) is 11.9 Å². The number of carbonyl (C=O) groups is 1. The van der Waals surface area contributed by atoms with Crippen LogP contribution in [0.15, 0.2) is 29.2 Å². The number of sulfone groups is 1. The number of nitrogens with one attached hydrogen (secondary N) is 1. The summed E-state index contributed by atoms with van der Waals surface area (Å²) in [6.07, 6.45) is 0.847. The van der Waals surface area contributed by atoms with Crippen molar-refractivity contribution >= 4 is 28.2 Å². The summed E-state index contributed by atoms with van der Waals surface area (Å²) in [5, 5.41) is 3.14. The molecule has 0 bridgehead atoms. The van der Waals surface area contributed by atoms with Crippen LogP contribution in [0.3, 0.4) is 0 Å². The highest BCUT2D eigenvalue weighted by Crippen LogP contribution is 2.19. The SMILES string of the molecule is CN(C(=O)c1ccc(S(=O)(=O)C(F)F)cc1)C1CCNC1.Cl. The molecular formula is C13H17ClF2N2O3S.